The molecule has 120 valence electrons. The van der Waals surface area contributed by atoms with E-state index in [1.165, 1.54) is 18.2 Å². The van der Waals surface area contributed by atoms with Crippen LogP contribution in [0.25, 0.3) is 0 Å². The Labute approximate surface area is 152 Å². The molecular formula is C14H12IN3O3S2. The van der Waals surface area contributed by atoms with Gasteiger partial charge in [0.15, 0.2) is 5.11 Å². The van der Waals surface area contributed by atoms with Gasteiger partial charge in [0.1, 0.15) is 0 Å². The van der Waals surface area contributed by atoms with E-state index in [2.05, 4.69) is 10.6 Å². The lowest BCUT2D eigenvalue weighted by Crippen LogP contribution is -2.34. The zero-order valence-corrected chi connectivity index (χ0v) is 15.4. The number of sulfonamides is 1. The Morgan fingerprint density at radius 1 is 1.13 bits per heavy atom. The van der Waals surface area contributed by atoms with Crippen LogP contribution in [0, 0.1) is 3.57 Å². The van der Waals surface area contributed by atoms with E-state index in [9.17, 15) is 13.2 Å². The number of primary sulfonamides is 1. The molecule has 4 N–H and O–H groups in total. The van der Waals surface area contributed by atoms with Gasteiger partial charge in [0, 0.05) is 9.13 Å². The molecule has 0 aliphatic heterocycles. The van der Waals surface area contributed by atoms with E-state index in [4.69, 9.17) is 17.4 Å². The molecule has 0 saturated heterocycles. The second-order valence-electron chi connectivity index (χ2n) is 4.46. The number of carbonyl (C=O) groups excluding carboxylic acids is 1. The minimum Gasteiger partial charge on any atom is -0.332 e. The van der Waals surface area contributed by atoms with Gasteiger partial charge in [-0.3, -0.25) is 10.1 Å². The number of carbonyl (C=O) groups is 1. The van der Waals surface area contributed by atoms with Crippen molar-refractivity contribution in [3.63, 3.8) is 0 Å². The van der Waals surface area contributed by atoms with Gasteiger partial charge in [-0.25, -0.2) is 13.6 Å². The molecule has 0 heterocycles. The standard InChI is InChI=1S/C14H12IN3O3S2/c15-11-8-10(23(16,20)21)6-7-12(11)17-14(22)18-13(19)9-4-2-1-3-5-9/h1-8H,(H2,16,20,21)(H2,17,18,19,22). The van der Waals surface area contributed by atoms with Crippen molar-refractivity contribution in [2.45, 2.75) is 4.90 Å². The summed E-state index contributed by atoms with van der Waals surface area (Å²) in [5.41, 5.74) is 1.05. The summed E-state index contributed by atoms with van der Waals surface area (Å²) in [4.78, 5) is 12.0. The first kappa shape index (κ1) is 17.8. The Kier molecular flexibility index (Phi) is 5.68. The van der Waals surface area contributed by atoms with Crippen molar-refractivity contribution in [3.05, 3.63) is 57.7 Å². The number of halogens is 1. The molecule has 1 amide bonds. The Bertz CT molecular complexity index is 855. The van der Waals surface area contributed by atoms with E-state index in [1.807, 2.05) is 28.7 Å². The van der Waals surface area contributed by atoms with E-state index < -0.39 is 10.0 Å². The summed E-state index contributed by atoms with van der Waals surface area (Å²) in [5, 5.41) is 10.6. The summed E-state index contributed by atoms with van der Waals surface area (Å²) < 4.78 is 23.2. The van der Waals surface area contributed by atoms with Crippen LogP contribution in [0.2, 0.25) is 0 Å². The van der Waals surface area contributed by atoms with Crippen LogP contribution < -0.4 is 15.8 Å². The third kappa shape index (κ3) is 4.96. The van der Waals surface area contributed by atoms with Gasteiger partial charge >= 0.3 is 0 Å². The van der Waals surface area contributed by atoms with Crippen LogP contribution in [0.1, 0.15) is 10.4 Å². The zero-order valence-electron chi connectivity index (χ0n) is 11.6. The lowest BCUT2D eigenvalue weighted by Gasteiger charge is -2.11. The molecule has 0 aromatic heterocycles. The summed E-state index contributed by atoms with van der Waals surface area (Å²) in [6.45, 7) is 0. The van der Waals surface area contributed by atoms with Crippen LogP contribution in [0.5, 0.6) is 0 Å². The van der Waals surface area contributed by atoms with E-state index in [0.717, 1.165) is 0 Å². The zero-order chi connectivity index (χ0) is 17.0. The summed E-state index contributed by atoms with van der Waals surface area (Å²) in [6.07, 6.45) is 0. The van der Waals surface area contributed by atoms with Gasteiger partial charge in [-0.2, -0.15) is 0 Å². The number of thiocarbonyl (C=S) groups is 1. The van der Waals surface area contributed by atoms with Crippen molar-refractivity contribution < 1.29 is 13.2 Å². The average Bonchev–Trinajstić information content (AvgIpc) is 2.49. The lowest BCUT2D eigenvalue weighted by atomic mass is 10.2. The second-order valence-corrected chi connectivity index (χ2v) is 7.59. The second kappa shape index (κ2) is 7.34. The number of nitrogens with one attached hydrogen (secondary N) is 2. The molecule has 2 rings (SSSR count). The Morgan fingerprint density at radius 3 is 2.35 bits per heavy atom. The fraction of sp³-hybridized carbons (Fsp3) is 0. The minimum atomic E-state index is -3.76. The number of anilines is 1. The largest absolute Gasteiger partial charge is 0.332 e. The van der Waals surface area contributed by atoms with Crippen molar-refractivity contribution in [3.8, 4) is 0 Å². The highest BCUT2D eigenvalue weighted by Gasteiger charge is 2.12. The van der Waals surface area contributed by atoms with Crippen LogP contribution in [-0.2, 0) is 10.0 Å². The van der Waals surface area contributed by atoms with Crippen LogP contribution in [0.3, 0.4) is 0 Å². The number of hydrogen-bond acceptors (Lipinski definition) is 4. The molecule has 0 unspecified atom stereocenters. The monoisotopic (exact) mass is 461 g/mol. The van der Waals surface area contributed by atoms with E-state index in [-0.39, 0.29) is 15.9 Å². The maximum Gasteiger partial charge on any atom is 0.257 e. The van der Waals surface area contributed by atoms with Crippen molar-refractivity contribution in [2.24, 2.45) is 5.14 Å². The van der Waals surface area contributed by atoms with Crippen LogP contribution >= 0.6 is 34.8 Å². The molecule has 9 heteroatoms. The highest BCUT2D eigenvalue weighted by molar-refractivity contribution is 14.1. The molecule has 2 aromatic rings. The maximum atomic E-state index is 12.0. The first-order valence-corrected chi connectivity index (χ1v) is 9.30. The van der Waals surface area contributed by atoms with Crippen LogP contribution in [0.15, 0.2) is 53.4 Å². The lowest BCUT2D eigenvalue weighted by molar-refractivity contribution is 0.0977. The van der Waals surface area contributed by atoms with E-state index in [1.54, 1.807) is 24.3 Å². The van der Waals surface area contributed by atoms with Crippen molar-refractivity contribution in [1.29, 1.82) is 0 Å². The van der Waals surface area contributed by atoms with Crippen molar-refractivity contribution >= 4 is 61.5 Å². The number of hydrogen-bond donors (Lipinski definition) is 3. The molecule has 23 heavy (non-hydrogen) atoms. The van der Waals surface area contributed by atoms with E-state index in [0.29, 0.717) is 14.8 Å². The highest BCUT2D eigenvalue weighted by Crippen LogP contribution is 2.21. The van der Waals surface area contributed by atoms with E-state index >= 15 is 0 Å². The summed E-state index contributed by atoms with van der Waals surface area (Å²) >= 11 is 7.04. The molecule has 6 nitrogen and oxygen atoms in total. The average molecular weight is 461 g/mol. The van der Waals surface area contributed by atoms with Gasteiger partial charge in [0.2, 0.25) is 10.0 Å². The summed E-state index contributed by atoms with van der Waals surface area (Å²) in [5.74, 6) is -0.334. The molecule has 0 fully saturated rings. The molecule has 0 aliphatic rings. The van der Waals surface area contributed by atoms with Gasteiger partial charge in [-0.15, -0.1) is 0 Å². The predicted octanol–water partition coefficient (Wildman–Crippen LogP) is 2.07. The van der Waals surface area contributed by atoms with Gasteiger partial charge in [0.25, 0.3) is 5.91 Å². The molecular weight excluding hydrogens is 449 g/mol. The van der Waals surface area contributed by atoms with Gasteiger partial charge in [-0.05, 0) is 65.1 Å². The fourth-order valence-corrected chi connectivity index (χ4v) is 3.30. The number of amides is 1. The van der Waals surface area contributed by atoms with Gasteiger partial charge < -0.3 is 5.32 Å². The first-order valence-electron chi connectivity index (χ1n) is 6.27. The Balaban J connectivity index is 2.08. The van der Waals surface area contributed by atoms with Gasteiger partial charge in [-0.1, -0.05) is 18.2 Å². The number of benzene rings is 2. The summed E-state index contributed by atoms with van der Waals surface area (Å²) in [6, 6.07) is 13.0. The Hall–Kier alpha value is -1.56. The molecule has 0 spiro atoms. The Morgan fingerprint density at radius 2 is 1.78 bits per heavy atom. The molecule has 0 bridgehead atoms. The number of nitrogens with two attached hydrogens (primary N) is 1. The predicted molar refractivity (Wildman–Crippen MR) is 101 cm³/mol. The topological polar surface area (TPSA) is 101 Å². The number of rotatable bonds is 3. The van der Waals surface area contributed by atoms with Crippen molar-refractivity contribution in [2.75, 3.05) is 5.32 Å². The molecule has 0 atom stereocenters. The molecule has 0 aliphatic carbocycles. The minimum absolute atomic E-state index is 0.00619. The molecule has 0 saturated carbocycles. The fourth-order valence-electron chi connectivity index (χ4n) is 1.69. The van der Waals surface area contributed by atoms with Crippen LogP contribution in [0.4, 0.5) is 5.69 Å². The smallest absolute Gasteiger partial charge is 0.257 e. The quantitative estimate of drug-likeness (QED) is 0.480. The SMILES string of the molecule is NS(=O)(=O)c1ccc(NC(=S)NC(=O)c2ccccc2)c(I)c1. The van der Waals surface area contributed by atoms with Crippen molar-refractivity contribution in [1.82, 2.24) is 5.32 Å². The first-order chi connectivity index (χ1) is 10.8. The maximum absolute atomic E-state index is 12.0. The van der Waals surface area contributed by atoms with Crippen LogP contribution in [-0.4, -0.2) is 19.4 Å². The molecule has 2 aromatic carbocycles. The third-order valence-electron chi connectivity index (χ3n) is 2.78. The summed E-state index contributed by atoms with van der Waals surface area (Å²) in [7, 11) is -3.76. The normalized spacial score (nSPS) is 10.9. The highest BCUT2D eigenvalue weighted by atomic mass is 127. The van der Waals surface area contributed by atoms with Gasteiger partial charge in [0.05, 0.1) is 10.6 Å². The third-order valence-corrected chi connectivity index (χ3v) is 4.79. The molecule has 0 radical (unpaired) electrons.